The molecule has 0 spiro atoms. The van der Waals surface area contributed by atoms with Gasteiger partial charge in [-0.05, 0) is 38.3 Å². The molecular formula is C11H21N3S. The fourth-order valence-electron chi connectivity index (χ4n) is 1.55. The lowest BCUT2D eigenvalue weighted by Crippen LogP contribution is -2.15. The Kier molecular flexibility index (Phi) is 6.55. The van der Waals surface area contributed by atoms with Crippen LogP contribution in [0.25, 0.3) is 0 Å². The van der Waals surface area contributed by atoms with Crippen LogP contribution in [0.3, 0.4) is 0 Å². The van der Waals surface area contributed by atoms with E-state index in [2.05, 4.69) is 17.2 Å². The molecule has 0 aliphatic carbocycles. The highest BCUT2D eigenvalue weighted by molar-refractivity contribution is 7.09. The summed E-state index contributed by atoms with van der Waals surface area (Å²) in [6.07, 6.45) is 5.58. The average molecular weight is 227 g/mol. The number of nitrogens with zero attached hydrogens (tertiary/aromatic N) is 1. The van der Waals surface area contributed by atoms with E-state index in [0.29, 0.717) is 0 Å². The van der Waals surface area contributed by atoms with Crippen molar-refractivity contribution in [3.05, 3.63) is 16.6 Å². The van der Waals surface area contributed by atoms with E-state index in [1.54, 1.807) is 11.3 Å². The summed E-state index contributed by atoms with van der Waals surface area (Å²) in [5.74, 6) is 0.764. The van der Waals surface area contributed by atoms with Gasteiger partial charge in [-0.25, -0.2) is 0 Å². The predicted molar refractivity (Wildman–Crippen MR) is 65.9 cm³/mol. The Balaban J connectivity index is 1.93. The maximum Gasteiger partial charge on any atom is 0.0794 e. The normalized spacial score (nSPS) is 12.9. The summed E-state index contributed by atoms with van der Waals surface area (Å²) in [4.78, 5) is 5.35. The first-order valence-electron chi connectivity index (χ1n) is 5.61. The molecule has 0 radical (unpaired) electrons. The molecule has 1 atom stereocenters. The molecule has 0 aliphatic rings. The van der Waals surface area contributed by atoms with Gasteiger partial charge in [-0.1, -0.05) is 6.92 Å². The lowest BCUT2D eigenvalue weighted by Gasteiger charge is -2.09. The van der Waals surface area contributed by atoms with Crippen LogP contribution >= 0.6 is 11.3 Å². The first-order valence-corrected chi connectivity index (χ1v) is 6.49. The third-order valence-corrected chi connectivity index (χ3v) is 3.27. The van der Waals surface area contributed by atoms with Gasteiger partial charge in [0.25, 0.3) is 0 Å². The summed E-state index contributed by atoms with van der Waals surface area (Å²) in [5.41, 5.74) is 7.38. The Hall–Kier alpha value is -0.450. The van der Waals surface area contributed by atoms with Crippen LogP contribution in [0, 0.1) is 5.92 Å². The van der Waals surface area contributed by atoms with Crippen LogP contribution in [0.15, 0.2) is 11.7 Å². The third kappa shape index (κ3) is 5.87. The standard InChI is InChI=1S/C11H21N3S/c1-10(4-5-12)3-2-6-13-7-11-8-14-9-15-11/h8-10,13H,2-7,12H2,1H3. The molecule has 3 nitrogen and oxygen atoms in total. The van der Waals surface area contributed by atoms with Gasteiger partial charge in [0.15, 0.2) is 0 Å². The average Bonchev–Trinajstić information content (AvgIpc) is 2.70. The van der Waals surface area contributed by atoms with E-state index in [1.807, 2.05) is 11.7 Å². The fourth-order valence-corrected chi connectivity index (χ4v) is 2.11. The third-order valence-electron chi connectivity index (χ3n) is 2.49. The largest absolute Gasteiger partial charge is 0.330 e. The lowest BCUT2D eigenvalue weighted by atomic mass is 10.0. The molecule has 1 rings (SSSR count). The second-order valence-electron chi connectivity index (χ2n) is 3.97. The molecule has 3 N–H and O–H groups in total. The maximum atomic E-state index is 5.50. The van der Waals surface area contributed by atoms with Crippen LogP contribution in [0.2, 0.25) is 0 Å². The second kappa shape index (κ2) is 7.79. The highest BCUT2D eigenvalue weighted by Gasteiger charge is 2.00. The first kappa shape index (κ1) is 12.6. The summed E-state index contributed by atoms with van der Waals surface area (Å²) < 4.78 is 0. The Morgan fingerprint density at radius 1 is 1.53 bits per heavy atom. The number of hydrogen-bond donors (Lipinski definition) is 2. The lowest BCUT2D eigenvalue weighted by molar-refractivity contribution is 0.469. The SMILES string of the molecule is CC(CCN)CCCNCc1cncs1. The number of rotatable bonds is 8. The molecular weight excluding hydrogens is 206 g/mol. The zero-order valence-electron chi connectivity index (χ0n) is 9.41. The Bertz CT molecular complexity index is 236. The summed E-state index contributed by atoms with van der Waals surface area (Å²) in [7, 11) is 0. The van der Waals surface area contributed by atoms with Gasteiger partial charge in [0, 0.05) is 17.6 Å². The predicted octanol–water partition coefficient (Wildman–Crippen LogP) is 2.00. The molecule has 0 aromatic carbocycles. The van der Waals surface area contributed by atoms with E-state index >= 15 is 0 Å². The topological polar surface area (TPSA) is 50.9 Å². The van der Waals surface area contributed by atoms with Crippen LogP contribution in [-0.2, 0) is 6.54 Å². The molecule has 0 saturated heterocycles. The molecule has 0 fully saturated rings. The van der Waals surface area contributed by atoms with E-state index in [-0.39, 0.29) is 0 Å². The molecule has 0 amide bonds. The smallest absolute Gasteiger partial charge is 0.0794 e. The van der Waals surface area contributed by atoms with Crippen LogP contribution in [0.5, 0.6) is 0 Å². The monoisotopic (exact) mass is 227 g/mol. The maximum absolute atomic E-state index is 5.50. The highest BCUT2D eigenvalue weighted by Crippen LogP contribution is 2.08. The minimum atomic E-state index is 0.764. The first-order chi connectivity index (χ1) is 7.33. The van der Waals surface area contributed by atoms with Crippen LogP contribution in [-0.4, -0.2) is 18.1 Å². The van der Waals surface area contributed by atoms with Gasteiger partial charge >= 0.3 is 0 Å². The summed E-state index contributed by atoms with van der Waals surface area (Å²) in [6.45, 7) is 5.13. The number of aromatic nitrogens is 1. The fraction of sp³-hybridized carbons (Fsp3) is 0.727. The minimum absolute atomic E-state index is 0.764. The molecule has 4 heteroatoms. The summed E-state index contributed by atoms with van der Waals surface area (Å²) >= 11 is 1.71. The molecule has 15 heavy (non-hydrogen) atoms. The van der Waals surface area contributed by atoms with Crippen LogP contribution < -0.4 is 11.1 Å². The highest BCUT2D eigenvalue weighted by atomic mass is 32.1. The van der Waals surface area contributed by atoms with Crippen molar-refractivity contribution in [2.45, 2.75) is 32.7 Å². The van der Waals surface area contributed by atoms with Crippen molar-refractivity contribution < 1.29 is 0 Å². The van der Waals surface area contributed by atoms with E-state index in [0.717, 1.165) is 32.0 Å². The molecule has 0 bridgehead atoms. The van der Waals surface area contributed by atoms with Crippen molar-refractivity contribution in [2.24, 2.45) is 11.7 Å². The van der Waals surface area contributed by atoms with Gasteiger partial charge in [0.1, 0.15) is 0 Å². The van der Waals surface area contributed by atoms with Crippen molar-refractivity contribution in [1.29, 1.82) is 0 Å². The zero-order valence-corrected chi connectivity index (χ0v) is 10.2. The van der Waals surface area contributed by atoms with Crippen molar-refractivity contribution >= 4 is 11.3 Å². The summed E-state index contributed by atoms with van der Waals surface area (Å²) in [5, 5.41) is 3.42. The Labute approximate surface area is 96.1 Å². The van der Waals surface area contributed by atoms with E-state index in [4.69, 9.17) is 5.73 Å². The minimum Gasteiger partial charge on any atom is -0.330 e. The van der Waals surface area contributed by atoms with E-state index in [1.165, 1.54) is 17.7 Å². The van der Waals surface area contributed by atoms with Crippen molar-refractivity contribution in [1.82, 2.24) is 10.3 Å². The van der Waals surface area contributed by atoms with Gasteiger partial charge in [-0.15, -0.1) is 11.3 Å². The van der Waals surface area contributed by atoms with Gasteiger partial charge in [0.05, 0.1) is 5.51 Å². The number of nitrogens with two attached hydrogens (primary N) is 1. The molecule has 0 saturated carbocycles. The number of thiazole rings is 1. The molecule has 1 unspecified atom stereocenters. The Morgan fingerprint density at radius 2 is 2.40 bits per heavy atom. The van der Waals surface area contributed by atoms with Crippen LogP contribution in [0.4, 0.5) is 0 Å². The molecule has 0 aliphatic heterocycles. The van der Waals surface area contributed by atoms with Gasteiger partial charge < -0.3 is 11.1 Å². The van der Waals surface area contributed by atoms with Crippen molar-refractivity contribution in [2.75, 3.05) is 13.1 Å². The van der Waals surface area contributed by atoms with Crippen molar-refractivity contribution in [3.8, 4) is 0 Å². The second-order valence-corrected chi connectivity index (χ2v) is 4.94. The molecule has 86 valence electrons. The molecule has 1 aromatic rings. The number of hydrogen-bond acceptors (Lipinski definition) is 4. The zero-order chi connectivity index (χ0) is 10.9. The van der Waals surface area contributed by atoms with E-state index < -0.39 is 0 Å². The van der Waals surface area contributed by atoms with Gasteiger partial charge in [-0.2, -0.15) is 0 Å². The van der Waals surface area contributed by atoms with Crippen molar-refractivity contribution in [3.63, 3.8) is 0 Å². The Morgan fingerprint density at radius 3 is 3.07 bits per heavy atom. The molecule has 1 heterocycles. The molecule has 1 aromatic heterocycles. The number of nitrogens with one attached hydrogen (secondary N) is 1. The van der Waals surface area contributed by atoms with E-state index in [9.17, 15) is 0 Å². The van der Waals surface area contributed by atoms with Gasteiger partial charge in [-0.3, -0.25) is 4.98 Å². The van der Waals surface area contributed by atoms with Crippen LogP contribution in [0.1, 0.15) is 31.1 Å². The van der Waals surface area contributed by atoms with Gasteiger partial charge in [0.2, 0.25) is 0 Å². The summed E-state index contributed by atoms with van der Waals surface area (Å²) in [6, 6.07) is 0. The quantitative estimate of drug-likeness (QED) is 0.668.